The van der Waals surface area contributed by atoms with Gasteiger partial charge in [-0.2, -0.15) is 0 Å². The first-order valence-corrected chi connectivity index (χ1v) is 6.65. The summed E-state index contributed by atoms with van der Waals surface area (Å²) < 4.78 is 0. The maximum absolute atomic E-state index is 11.1. The molecular formula is C17H14N2O2. The van der Waals surface area contributed by atoms with Crippen molar-refractivity contribution in [1.29, 1.82) is 0 Å². The van der Waals surface area contributed by atoms with E-state index in [9.17, 15) is 4.79 Å². The van der Waals surface area contributed by atoms with Crippen LogP contribution in [0.3, 0.4) is 0 Å². The van der Waals surface area contributed by atoms with Crippen molar-refractivity contribution in [3.05, 3.63) is 66.0 Å². The van der Waals surface area contributed by atoms with Gasteiger partial charge in [0.25, 0.3) is 0 Å². The first-order chi connectivity index (χ1) is 10.2. The Bertz CT molecular complexity index is 771. The van der Waals surface area contributed by atoms with Gasteiger partial charge in [-0.1, -0.05) is 42.5 Å². The fourth-order valence-electron chi connectivity index (χ4n) is 2.22. The summed E-state index contributed by atoms with van der Waals surface area (Å²) in [6.07, 6.45) is 1.78. The molecule has 3 rings (SSSR count). The van der Waals surface area contributed by atoms with Crippen molar-refractivity contribution < 1.29 is 9.90 Å². The highest BCUT2D eigenvalue weighted by molar-refractivity contribution is 5.91. The van der Waals surface area contributed by atoms with Crippen molar-refractivity contribution in [3.8, 4) is 0 Å². The van der Waals surface area contributed by atoms with Crippen molar-refractivity contribution in [2.24, 2.45) is 0 Å². The van der Waals surface area contributed by atoms with Crippen LogP contribution >= 0.6 is 0 Å². The van der Waals surface area contributed by atoms with Crippen LogP contribution in [0.5, 0.6) is 0 Å². The van der Waals surface area contributed by atoms with Crippen molar-refractivity contribution in [2.45, 2.75) is 6.42 Å². The number of carboxylic acids is 1. The van der Waals surface area contributed by atoms with Crippen molar-refractivity contribution in [2.75, 3.05) is 0 Å². The molecule has 0 bridgehead atoms. The highest BCUT2D eigenvalue weighted by atomic mass is 16.4. The number of imidazole rings is 1. The number of carboxylic acid groups (broad SMARTS) is 1. The lowest BCUT2D eigenvalue weighted by molar-refractivity contribution is -0.135. The summed E-state index contributed by atoms with van der Waals surface area (Å²) in [4.78, 5) is 18.8. The van der Waals surface area contributed by atoms with Crippen molar-refractivity contribution >= 4 is 28.7 Å². The number of aromatic amines is 1. The molecule has 104 valence electrons. The van der Waals surface area contributed by atoms with Gasteiger partial charge in [-0.15, -0.1) is 0 Å². The molecule has 0 amide bonds. The molecule has 3 aromatic rings. The summed E-state index contributed by atoms with van der Waals surface area (Å²) in [5, 5.41) is 9.12. The number of para-hydroxylation sites is 2. The normalized spacial score (nSPS) is 11.7. The van der Waals surface area contributed by atoms with Crippen LogP contribution in [0.15, 0.2) is 54.6 Å². The molecule has 4 heteroatoms. The second-order valence-electron chi connectivity index (χ2n) is 4.75. The fourth-order valence-corrected chi connectivity index (χ4v) is 2.22. The van der Waals surface area contributed by atoms with Crippen LogP contribution in [0.2, 0.25) is 0 Å². The fraction of sp³-hybridized carbons (Fsp3) is 0.0588. The number of fused-ring (bicyclic) bond motifs is 1. The first-order valence-electron chi connectivity index (χ1n) is 6.65. The maximum atomic E-state index is 11.1. The largest absolute Gasteiger partial charge is 0.481 e. The molecule has 0 radical (unpaired) electrons. The first kappa shape index (κ1) is 13.1. The number of nitrogens with one attached hydrogen (secondary N) is 1. The Labute approximate surface area is 121 Å². The molecule has 0 saturated heterocycles. The van der Waals surface area contributed by atoms with Crippen molar-refractivity contribution in [3.63, 3.8) is 0 Å². The van der Waals surface area contributed by atoms with Gasteiger partial charge >= 0.3 is 5.97 Å². The Kier molecular flexibility index (Phi) is 3.51. The highest BCUT2D eigenvalue weighted by Crippen LogP contribution is 2.22. The zero-order valence-corrected chi connectivity index (χ0v) is 11.3. The van der Waals surface area contributed by atoms with E-state index in [1.807, 2.05) is 60.7 Å². The lowest BCUT2D eigenvalue weighted by atomic mass is 10.1. The van der Waals surface area contributed by atoms with Gasteiger partial charge in [0.15, 0.2) is 0 Å². The quantitative estimate of drug-likeness (QED) is 0.766. The summed E-state index contributed by atoms with van der Waals surface area (Å²) in [7, 11) is 0. The number of nitrogens with zero attached hydrogens (tertiary/aromatic N) is 1. The van der Waals surface area contributed by atoms with E-state index in [1.54, 1.807) is 0 Å². The summed E-state index contributed by atoms with van der Waals surface area (Å²) in [6.45, 7) is 0. The van der Waals surface area contributed by atoms with Gasteiger partial charge in [-0.05, 0) is 23.8 Å². The van der Waals surface area contributed by atoms with Gasteiger partial charge in [0.2, 0.25) is 0 Å². The minimum absolute atomic E-state index is 0.0747. The number of aromatic nitrogens is 2. The lowest BCUT2D eigenvalue weighted by Crippen LogP contribution is -1.98. The monoisotopic (exact) mass is 278 g/mol. The van der Waals surface area contributed by atoms with E-state index < -0.39 is 5.97 Å². The van der Waals surface area contributed by atoms with Crippen LogP contribution in [0.4, 0.5) is 0 Å². The smallest absolute Gasteiger partial charge is 0.307 e. The summed E-state index contributed by atoms with van der Waals surface area (Å²) >= 11 is 0. The van der Waals surface area contributed by atoms with Crippen LogP contribution in [0, 0.1) is 0 Å². The predicted octanol–water partition coefficient (Wildman–Crippen LogP) is 3.58. The lowest BCUT2D eigenvalue weighted by Gasteiger charge is -2.01. The molecule has 0 spiro atoms. The third-order valence-corrected chi connectivity index (χ3v) is 3.18. The minimum atomic E-state index is -0.877. The number of aliphatic carboxylic acids is 1. The second kappa shape index (κ2) is 5.63. The number of hydrogen-bond donors (Lipinski definition) is 2. The van der Waals surface area contributed by atoms with E-state index in [-0.39, 0.29) is 6.42 Å². The van der Waals surface area contributed by atoms with Crippen LogP contribution in [-0.2, 0) is 4.79 Å². The van der Waals surface area contributed by atoms with E-state index in [1.165, 1.54) is 0 Å². The topological polar surface area (TPSA) is 66.0 Å². The Morgan fingerprint density at radius 1 is 1.10 bits per heavy atom. The molecule has 0 fully saturated rings. The highest BCUT2D eigenvalue weighted by Gasteiger charge is 2.11. The van der Waals surface area contributed by atoms with Crippen LogP contribution in [0.1, 0.15) is 17.8 Å². The molecule has 21 heavy (non-hydrogen) atoms. The Hall–Kier alpha value is -2.88. The standard InChI is InChI=1S/C17H14N2O2/c20-16(21)11-13(10-12-6-2-1-3-7-12)17-18-14-8-4-5-9-15(14)19-17/h1-10H,11H2,(H,18,19)(H,20,21)/b13-10+. The zero-order chi connectivity index (χ0) is 14.7. The average molecular weight is 278 g/mol. The van der Waals surface area contributed by atoms with Gasteiger partial charge in [0, 0.05) is 5.57 Å². The summed E-state index contributed by atoms with van der Waals surface area (Å²) in [6, 6.07) is 17.3. The van der Waals surface area contributed by atoms with Crippen LogP contribution in [-0.4, -0.2) is 21.0 Å². The molecule has 2 aromatic carbocycles. The van der Waals surface area contributed by atoms with Crippen molar-refractivity contribution in [1.82, 2.24) is 9.97 Å². The van der Waals surface area contributed by atoms with E-state index in [0.717, 1.165) is 16.6 Å². The van der Waals surface area contributed by atoms with Crippen LogP contribution in [0.25, 0.3) is 22.7 Å². The minimum Gasteiger partial charge on any atom is -0.481 e. The Morgan fingerprint density at radius 2 is 1.81 bits per heavy atom. The number of hydrogen-bond acceptors (Lipinski definition) is 2. The SMILES string of the molecule is O=C(O)C/C(=C\c1ccccc1)c1nc2ccccc2[nH]1. The van der Waals surface area contributed by atoms with E-state index >= 15 is 0 Å². The van der Waals surface area contributed by atoms with Crippen LogP contribution < -0.4 is 0 Å². The van der Waals surface area contributed by atoms with E-state index in [4.69, 9.17) is 5.11 Å². The molecule has 0 aliphatic carbocycles. The molecule has 4 nitrogen and oxygen atoms in total. The summed E-state index contributed by atoms with van der Waals surface area (Å²) in [5.74, 6) is -0.278. The second-order valence-corrected chi connectivity index (χ2v) is 4.75. The molecule has 2 N–H and O–H groups in total. The third kappa shape index (κ3) is 3.00. The Balaban J connectivity index is 2.06. The van der Waals surface area contributed by atoms with E-state index in [0.29, 0.717) is 11.4 Å². The van der Waals surface area contributed by atoms with Gasteiger partial charge in [0.05, 0.1) is 17.5 Å². The average Bonchev–Trinajstić information content (AvgIpc) is 2.91. The molecule has 0 unspecified atom stereocenters. The Morgan fingerprint density at radius 3 is 2.52 bits per heavy atom. The zero-order valence-electron chi connectivity index (χ0n) is 11.3. The number of carbonyl (C=O) groups is 1. The molecule has 1 heterocycles. The number of benzene rings is 2. The third-order valence-electron chi connectivity index (χ3n) is 3.18. The van der Waals surface area contributed by atoms with E-state index in [2.05, 4.69) is 9.97 Å². The maximum Gasteiger partial charge on any atom is 0.307 e. The molecule has 0 aliphatic rings. The molecule has 0 saturated carbocycles. The number of H-pyrrole nitrogens is 1. The summed E-state index contributed by atoms with van der Waals surface area (Å²) in [5.41, 5.74) is 3.34. The predicted molar refractivity (Wildman–Crippen MR) is 82.7 cm³/mol. The molecule has 0 atom stereocenters. The molecule has 0 aliphatic heterocycles. The van der Waals surface area contributed by atoms with Gasteiger partial charge in [-0.3, -0.25) is 4.79 Å². The van der Waals surface area contributed by atoms with Gasteiger partial charge in [-0.25, -0.2) is 4.98 Å². The number of rotatable bonds is 4. The van der Waals surface area contributed by atoms with Gasteiger partial charge in [0.1, 0.15) is 5.82 Å². The van der Waals surface area contributed by atoms with Gasteiger partial charge < -0.3 is 10.1 Å². The molecular weight excluding hydrogens is 264 g/mol. The molecule has 1 aromatic heterocycles.